The van der Waals surface area contributed by atoms with Crippen molar-refractivity contribution in [2.45, 2.75) is 39.5 Å². The number of guanidine groups is 1. The quantitative estimate of drug-likeness (QED) is 0.682. The van der Waals surface area contributed by atoms with Crippen LogP contribution in [0.1, 0.15) is 42.7 Å². The summed E-state index contributed by atoms with van der Waals surface area (Å²) in [5.74, 6) is 2.24. The van der Waals surface area contributed by atoms with Crippen LogP contribution in [-0.4, -0.2) is 55.9 Å². The van der Waals surface area contributed by atoms with Crippen molar-refractivity contribution in [1.29, 1.82) is 0 Å². The van der Waals surface area contributed by atoms with Crippen LogP contribution >= 0.6 is 0 Å². The maximum Gasteiger partial charge on any atom is 0.193 e. The Morgan fingerprint density at radius 3 is 2.87 bits per heavy atom. The molecule has 3 heterocycles. The first kappa shape index (κ1) is 16.3. The van der Waals surface area contributed by atoms with E-state index in [9.17, 15) is 0 Å². The minimum absolute atomic E-state index is 0.337. The van der Waals surface area contributed by atoms with Crippen molar-refractivity contribution in [3.63, 3.8) is 0 Å². The Hall–Kier alpha value is -1.56. The van der Waals surface area contributed by atoms with E-state index in [4.69, 9.17) is 9.26 Å². The molecule has 6 nitrogen and oxygen atoms in total. The Balaban J connectivity index is 1.58. The smallest absolute Gasteiger partial charge is 0.193 e. The number of likely N-dealkylation sites (tertiary alicyclic amines) is 1. The lowest BCUT2D eigenvalue weighted by molar-refractivity contribution is 0.156. The summed E-state index contributed by atoms with van der Waals surface area (Å²) in [6.07, 6.45) is 2.38. The molecule has 1 spiro atoms. The van der Waals surface area contributed by atoms with Crippen molar-refractivity contribution in [2.24, 2.45) is 10.4 Å². The van der Waals surface area contributed by atoms with Gasteiger partial charge in [0.05, 0.1) is 12.3 Å². The summed E-state index contributed by atoms with van der Waals surface area (Å²) in [4.78, 5) is 6.84. The van der Waals surface area contributed by atoms with Gasteiger partial charge in [0.25, 0.3) is 0 Å². The molecule has 0 aromatic carbocycles. The summed E-state index contributed by atoms with van der Waals surface area (Å²) in [7, 11) is 1.86. The molecule has 2 aliphatic rings. The van der Waals surface area contributed by atoms with E-state index in [0.29, 0.717) is 11.3 Å². The fourth-order valence-electron chi connectivity index (χ4n) is 3.96. The largest absolute Gasteiger partial charge is 0.381 e. The van der Waals surface area contributed by atoms with Crippen LogP contribution in [-0.2, 0) is 4.74 Å². The van der Waals surface area contributed by atoms with Gasteiger partial charge >= 0.3 is 0 Å². The maximum atomic E-state index is 5.61. The van der Waals surface area contributed by atoms with Gasteiger partial charge in [-0.15, -0.1) is 0 Å². The monoisotopic (exact) mass is 320 g/mol. The van der Waals surface area contributed by atoms with E-state index in [1.165, 1.54) is 18.4 Å². The lowest BCUT2D eigenvalue weighted by Crippen LogP contribution is -2.42. The van der Waals surface area contributed by atoms with Gasteiger partial charge in [0.1, 0.15) is 5.76 Å². The number of nitrogens with one attached hydrogen (secondary N) is 1. The zero-order chi connectivity index (χ0) is 16.4. The number of rotatable bonds is 3. The van der Waals surface area contributed by atoms with E-state index in [1.807, 2.05) is 20.9 Å². The van der Waals surface area contributed by atoms with Gasteiger partial charge in [0, 0.05) is 50.2 Å². The Kier molecular flexibility index (Phi) is 4.62. The fourth-order valence-corrected chi connectivity index (χ4v) is 3.96. The molecular formula is C17H28N4O2. The van der Waals surface area contributed by atoms with Gasteiger partial charge in [-0.05, 0) is 26.7 Å². The number of aliphatic imine (C=N–C) groups is 1. The highest BCUT2D eigenvalue weighted by atomic mass is 16.5. The van der Waals surface area contributed by atoms with Crippen molar-refractivity contribution in [3.8, 4) is 0 Å². The molecule has 0 aliphatic carbocycles. The lowest BCUT2D eigenvalue weighted by atomic mass is 9.87. The minimum atomic E-state index is 0.337. The minimum Gasteiger partial charge on any atom is -0.381 e. The van der Waals surface area contributed by atoms with Crippen molar-refractivity contribution in [3.05, 3.63) is 17.0 Å². The first-order valence-electron chi connectivity index (χ1n) is 8.51. The predicted molar refractivity (Wildman–Crippen MR) is 89.8 cm³/mol. The average molecular weight is 320 g/mol. The van der Waals surface area contributed by atoms with Crippen LogP contribution in [0.25, 0.3) is 0 Å². The number of hydrogen-bond acceptors (Lipinski definition) is 4. The van der Waals surface area contributed by atoms with Crippen LogP contribution in [0.5, 0.6) is 0 Å². The second-order valence-electron chi connectivity index (χ2n) is 7.04. The highest BCUT2D eigenvalue weighted by Gasteiger charge is 2.42. The molecule has 2 unspecified atom stereocenters. The van der Waals surface area contributed by atoms with Gasteiger partial charge in [-0.1, -0.05) is 12.1 Å². The molecule has 2 atom stereocenters. The Bertz CT molecular complexity index is 556. The second-order valence-corrected chi connectivity index (χ2v) is 7.04. The van der Waals surface area contributed by atoms with Crippen molar-refractivity contribution in [1.82, 2.24) is 15.4 Å². The molecule has 3 rings (SSSR count). The highest BCUT2D eigenvalue weighted by Crippen LogP contribution is 2.38. The van der Waals surface area contributed by atoms with Crippen molar-refractivity contribution >= 4 is 5.96 Å². The zero-order valence-electron chi connectivity index (χ0n) is 14.7. The zero-order valence-corrected chi connectivity index (χ0v) is 14.7. The molecule has 23 heavy (non-hydrogen) atoms. The average Bonchev–Trinajstić information content (AvgIpc) is 3.24. The van der Waals surface area contributed by atoms with Crippen LogP contribution in [0.2, 0.25) is 0 Å². The summed E-state index contributed by atoms with van der Waals surface area (Å²) in [5, 5.41) is 7.58. The molecule has 2 saturated heterocycles. The topological polar surface area (TPSA) is 62.9 Å². The lowest BCUT2D eigenvalue weighted by Gasteiger charge is -2.25. The fraction of sp³-hybridized carbons (Fsp3) is 0.765. The summed E-state index contributed by atoms with van der Waals surface area (Å²) in [5.41, 5.74) is 2.54. The third-order valence-corrected chi connectivity index (χ3v) is 5.28. The number of nitrogens with zero attached hydrogens (tertiary/aromatic N) is 3. The molecule has 1 aromatic rings. The molecule has 0 saturated carbocycles. The number of aromatic nitrogens is 1. The van der Waals surface area contributed by atoms with E-state index in [-0.39, 0.29) is 0 Å². The van der Waals surface area contributed by atoms with Crippen molar-refractivity contribution < 1.29 is 9.26 Å². The molecule has 1 N–H and O–H groups in total. The standard InChI is InChI=1S/C17H28N4O2/c1-12(15-13(2)20-23-14(15)3)9-19-16(18-4)21-7-5-17(10-21)6-8-22-11-17/h12H,5-11H2,1-4H3,(H,18,19). The first-order valence-corrected chi connectivity index (χ1v) is 8.51. The van der Waals surface area contributed by atoms with Crippen molar-refractivity contribution in [2.75, 3.05) is 39.9 Å². The summed E-state index contributed by atoms with van der Waals surface area (Å²) < 4.78 is 10.9. The van der Waals surface area contributed by atoms with E-state index < -0.39 is 0 Å². The first-order chi connectivity index (χ1) is 11.0. The van der Waals surface area contributed by atoms with Crippen LogP contribution < -0.4 is 5.32 Å². The van der Waals surface area contributed by atoms with E-state index >= 15 is 0 Å². The molecule has 0 radical (unpaired) electrons. The van der Waals surface area contributed by atoms with E-state index in [1.54, 1.807) is 0 Å². The summed E-state index contributed by atoms with van der Waals surface area (Å²) in [6, 6.07) is 0. The molecular weight excluding hydrogens is 292 g/mol. The Morgan fingerprint density at radius 1 is 1.43 bits per heavy atom. The molecule has 0 amide bonds. The number of ether oxygens (including phenoxy) is 1. The molecule has 6 heteroatoms. The van der Waals surface area contributed by atoms with Crippen LogP contribution in [0, 0.1) is 19.3 Å². The normalized spacial score (nSPS) is 26.3. The molecule has 0 bridgehead atoms. The molecule has 2 aliphatic heterocycles. The van der Waals surface area contributed by atoms with E-state index in [2.05, 4.69) is 27.3 Å². The predicted octanol–water partition coefficient (Wildman–Crippen LogP) is 2.08. The molecule has 128 valence electrons. The van der Waals surface area contributed by atoms with Crippen LogP contribution in [0.3, 0.4) is 0 Å². The van der Waals surface area contributed by atoms with Crippen LogP contribution in [0.4, 0.5) is 0 Å². The maximum absolute atomic E-state index is 5.61. The van der Waals surface area contributed by atoms with Gasteiger partial charge in [0.2, 0.25) is 0 Å². The van der Waals surface area contributed by atoms with Gasteiger partial charge in [-0.2, -0.15) is 0 Å². The molecule has 1 aromatic heterocycles. The SMILES string of the molecule is CN=C(NCC(C)c1c(C)noc1C)N1CCC2(CCOC2)C1. The Morgan fingerprint density at radius 2 is 2.26 bits per heavy atom. The summed E-state index contributed by atoms with van der Waals surface area (Å²) in [6.45, 7) is 10.9. The second kappa shape index (κ2) is 6.51. The van der Waals surface area contributed by atoms with Gasteiger partial charge in [0.15, 0.2) is 5.96 Å². The number of aryl methyl sites for hydroxylation is 2. The summed E-state index contributed by atoms with van der Waals surface area (Å²) >= 11 is 0. The number of hydrogen-bond donors (Lipinski definition) is 1. The van der Waals surface area contributed by atoms with Gasteiger partial charge < -0.3 is 19.5 Å². The third kappa shape index (κ3) is 3.22. The molecule has 2 fully saturated rings. The van der Waals surface area contributed by atoms with Gasteiger partial charge in [-0.3, -0.25) is 4.99 Å². The van der Waals surface area contributed by atoms with E-state index in [0.717, 1.165) is 50.3 Å². The Labute approximate surface area is 138 Å². The third-order valence-electron chi connectivity index (χ3n) is 5.28. The van der Waals surface area contributed by atoms with Gasteiger partial charge in [-0.25, -0.2) is 0 Å². The highest BCUT2D eigenvalue weighted by molar-refractivity contribution is 5.80. The van der Waals surface area contributed by atoms with Crippen LogP contribution in [0.15, 0.2) is 9.52 Å².